The first-order chi connectivity index (χ1) is 7.51. The minimum absolute atomic E-state index is 0. The van der Waals surface area contributed by atoms with Gasteiger partial charge in [-0.2, -0.15) is 16.4 Å². The van der Waals surface area contributed by atoms with E-state index >= 15 is 0 Å². The Morgan fingerprint density at radius 3 is 1.20 bits per heavy atom. The molecule has 20 heavy (non-hydrogen) atoms. The Balaban J connectivity index is -0.000000112. The molecule has 2 atom stereocenters. The first-order valence-corrected chi connectivity index (χ1v) is 7.82. The van der Waals surface area contributed by atoms with Crippen LogP contribution >= 0.6 is 15.6 Å². The molecule has 0 radical (unpaired) electrons. The van der Waals surface area contributed by atoms with E-state index in [4.69, 9.17) is 31.0 Å². The summed E-state index contributed by atoms with van der Waals surface area (Å²) in [6.07, 6.45) is 4.25. The summed E-state index contributed by atoms with van der Waals surface area (Å²) in [7, 11) is -10.1. The molecular weight excluding hydrogens is 501 g/mol. The van der Waals surface area contributed by atoms with Gasteiger partial charge in [-0.25, -0.2) is 9.13 Å². The third kappa shape index (κ3) is 18.8. The van der Waals surface area contributed by atoms with Crippen LogP contribution in [0.3, 0.4) is 0 Å². The third-order valence-electron chi connectivity index (χ3n) is 1.98. The molecule has 1 aliphatic carbocycles. The van der Waals surface area contributed by atoms with Crippen molar-refractivity contribution in [1.29, 1.82) is 0 Å². The zero-order valence-electron chi connectivity index (χ0n) is 10.2. The second kappa shape index (κ2) is 12.3. The van der Waals surface area contributed by atoms with Crippen LogP contribution in [0.1, 0.15) is 25.7 Å². The molecule has 0 spiro atoms. The molecule has 14 heteroatoms. The van der Waals surface area contributed by atoms with Gasteiger partial charge in [-0.1, -0.05) is 25.7 Å². The number of rotatable bonds is 2. The van der Waals surface area contributed by atoms with Gasteiger partial charge in [0.1, 0.15) is 0 Å². The van der Waals surface area contributed by atoms with Crippen LogP contribution in [0.2, 0.25) is 0 Å². The molecule has 10 N–H and O–H groups in total. The zero-order chi connectivity index (χ0) is 13.7. The van der Waals surface area contributed by atoms with E-state index in [2.05, 4.69) is 4.31 Å². The molecule has 0 aromatic carbocycles. The molecule has 1 fully saturated rings. The monoisotopic (exact) mass is 521 g/mol. The van der Waals surface area contributed by atoms with Gasteiger partial charge in [0.25, 0.3) is 0 Å². The van der Waals surface area contributed by atoms with Crippen molar-refractivity contribution in [2.24, 2.45) is 0 Å². The number of phosphoric acid groups is 2. The van der Waals surface area contributed by atoms with E-state index in [1.54, 1.807) is 0 Å². The van der Waals surface area contributed by atoms with Crippen molar-refractivity contribution in [2.75, 3.05) is 0 Å². The van der Waals surface area contributed by atoms with Crippen LogP contribution in [0.15, 0.2) is 0 Å². The van der Waals surface area contributed by atoms with Crippen LogP contribution in [0.4, 0.5) is 0 Å². The van der Waals surface area contributed by atoms with Gasteiger partial charge in [0.15, 0.2) is 0 Å². The fourth-order valence-corrected chi connectivity index (χ4v) is 2.38. The van der Waals surface area contributed by atoms with Crippen LogP contribution in [0, 0.1) is 0 Å². The average Bonchev–Trinajstić information content (AvgIpc) is 2.04. The third-order valence-corrected chi connectivity index (χ3v) is 3.68. The fourth-order valence-electron chi connectivity index (χ4n) is 1.27. The maximum atomic E-state index is 9.63. The Morgan fingerprint density at radius 1 is 0.850 bits per heavy atom. The molecule has 1 saturated carbocycles. The molecule has 0 heterocycles. The van der Waals surface area contributed by atoms with Crippen LogP contribution in [0.25, 0.3) is 11.5 Å². The summed E-state index contributed by atoms with van der Waals surface area (Å²) in [5.74, 6) is 0. The van der Waals surface area contributed by atoms with Gasteiger partial charge >= 0.3 is 36.7 Å². The standard InChI is InChI=1S/C6H12N2.H4O7P2.2H2O.Pt/c7-5-3-1-2-4-6(5)8;1-8(2,3)7-9(4,5)6;;;/h5-8H,1-4H2;(H2,1,2,3)(H2,4,5,6);2*1H2;/q-2;;;;+2/t5-,6-;;;;/m1..../s1. The van der Waals surface area contributed by atoms with Crippen LogP contribution < -0.4 is 0 Å². The normalized spacial score (nSPS) is 22.1. The average molecular weight is 521 g/mol. The van der Waals surface area contributed by atoms with Crippen molar-refractivity contribution in [3.8, 4) is 0 Å². The summed E-state index contributed by atoms with van der Waals surface area (Å²) in [5.41, 5.74) is 14.6. The molecule has 0 bridgehead atoms. The Hall–Kier alpha value is 0.788. The molecule has 1 rings (SSSR count). The maximum Gasteiger partial charge on any atom is 2.00 e. The summed E-state index contributed by atoms with van der Waals surface area (Å²) in [6.45, 7) is 0. The fraction of sp³-hybridized carbons (Fsp3) is 1.00. The second-order valence-electron chi connectivity index (χ2n) is 3.56. The smallest absolute Gasteiger partial charge is 0.676 e. The van der Waals surface area contributed by atoms with E-state index in [0.29, 0.717) is 0 Å². The van der Waals surface area contributed by atoms with E-state index in [-0.39, 0.29) is 44.1 Å². The van der Waals surface area contributed by atoms with E-state index in [1.165, 1.54) is 12.8 Å². The molecule has 0 saturated heterocycles. The van der Waals surface area contributed by atoms with Crippen molar-refractivity contribution in [2.45, 2.75) is 37.8 Å². The molecule has 0 unspecified atom stereocenters. The Bertz CT molecular complexity index is 292. The van der Waals surface area contributed by atoms with Crippen molar-refractivity contribution in [3.05, 3.63) is 11.5 Å². The summed E-state index contributed by atoms with van der Waals surface area (Å²) in [4.78, 5) is 31.0. The topological polar surface area (TPSA) is 235 Å². The van der Waals surface area contributed by atoms with Crippen molar-refractivity contribution < 1.29 is 65.0 Å². The Morgan fingerprint density at radius 2 is 1.10 bits per heavy atom. The van der Waals surface area contributed by atoms with Crippen molar-refractivity contribution in [3.63, 3.8) is 0 Å². The number of nitrogens with one attached hydrogen (secondary N) is 2. The first-order valence-electron chi connectivity index (χ1n) is 4.76. The Labute approximate surface area is 130 Å². The maximum absolute atomic E-state index is 9.63. The largest absolute Gasteiger partial charge is 2.00 e. The summed E-state index contributed by atoms with van der Waals surface area (Å²) in [6, 6.07) is -0.160. The van der Waals surface area contributed by atoms with E-state index < -0.39 is 15.6 Å². The number of hydrogen-bond acceptors (Lipinski definition) is 3. The van der Waals surface area contributed by atoms with Crippen LogP contribution in [0.5, 0.6) is 0 Å². The van der Waals surface area contributed by atoms with Gasteiger partial charge in [-0.3, -0.25) is 0 Å². The minimum atomic E-state index is -5.05. The summed E-state index contributed by atoms with van der Waals surface area (Å²) in [5, 5.41) is 0. The van der Waals surface area contributed by atoms with E-state index in [0.717, 1.165) is 12.8 Å². The summed E-state index contributed by atoms with van der Waals surface area (Å²) < 4.78 is 22.2. The quantitative estimate of drug-likeness (QED) is 0.361. The molecule has 0 aromatic heterocycles. The van der Waals surface area contributed by atoms with Gasteiger partial charge in [0, 0.05) is 0 Å². The molecule has 1 aliphatic rings. The summed E-state index contributed by atoms with van der Waals surface area (Å²) >= 11 is 0. The second-order valence-corrected chi connectivity index (χ2v) is 6.18. The molecule has 11 nitrogen and oxygen atoms in total. The van der Waals surface area contributed by atoms with Gasteiger partial charge in [-0.15, -0.1) is 0 Å². The SMILES string of the molecule is O.O.O=P(O)(O)OP(=O)(O)O.[NH-][C@@H]1CCCC[C@H]1[NH-].[Pt+2]. The van der Waals surface area contributed by atoms with Gasteiger partial charge in [0.05, 0.1) is 0 Å². The number of hydrogen-bond donors (Lipinski definition) is 4. The van der Waals surface area contributed by atoms with Crippen molar-refractivity contribution in [1.82, 2.24) is 0 Å². The molecule has 128 valence electrons. The van der Waals surface area contributed by atoms with Crippen LogP contribution in [-0.4, -0.2) is 42.6 Å². The first kappa shape index (κ1) is 28.9. The van der Waals surface area contributed by atoms with Crippen molar-refractivity contribution >= 4 is 15.6 Å². The van der Waals surface area contributed by atoms with Gasteiger partial charge in [0.2, 0.25) is 0 Å². The van der Waals surface area contributed by atoms with E-state index in [9.17, 15) is 9.13 Å². The minimum Gasteiger partial charge on any atom is -0.676 e. The van der Waals surface area contributed by atoms with Crippen LogP contribution in [-0.2, 0) is 34.5 Å². The molecule has 0 amide bonds. The molecule has 0 aliphatic heterocycles. The van der Waals surface area contributed by atoms with Gasteiger partial charge in [-0.05, 0) is 0 Å². The Kier molecular flexibility index (Phi) is 17.8. The molecular formula is C6H20N2O9P2Pt. The predicted octanol–water partition coefficient (Wildman–Crippen LogP) is -0.0615. The zero-order valence-corrected chi connectivity index (χ0v) is 14.3. The predicted molar refractivity (Wildman–Crippen MR) is 67.1 cm³/mol. The molecule has 0 aromatic rings. The van der Waals surface area contributed by atoms with E-state index in [1.807, 2.05) is 0 Å². The van der Waals surface area contributed by atoms with Gasteiger partial charge < -0.3 is 42.0 Å².